The van der Waals surface area contributed by atoms with E-state index in [4.69, 9.17) is 0 Å². The van der Waals surface area contributed by atoms with Crippen LogP contribution in [0.1, 0.15) is 50.3 Å². The maximum absolute atomic E-state index is 14.9. The summed E-state index contributed by atoms with van der Waals surface area (Å²) in [6, 6.07) is 9.64. The molecule has 10 heteroatoms. The van der Waals surface area contributed by atoms with Gasteiger partial charge >= 0.3 is 0 Å². The van der Waals surface area contributed by atoms with Crippen LogP contribution in [0.5, 0.6) is 0 Å². The Kier molecular flexibility index (Phi) is 8.11. The van der Waals surface area contributed by atoms with E-state index >= 15 is 0 Å². The first-order valence-electron chi connectivity index (χ1n) is 13.6. The lowest BCUT2D eigenvalue weighted by atomic mass is 9.96. The minimum absolute atomic E-state index is 0.233. The van der Waals surface area contributed by atoms with Gasteiger partial charge in [0, 0.05) is 62.6 Å². The molecule has 1 aliphatic heterocycles. The second kappa shape index (κ2) is 11.9. The lowest BCUT2D eigenvalue weighted by Crippen LogP contribution is -2.45. The zero-order chi connectivity index (χ0) is 27.4. The van der Waals surface area contributed by atoms with Crippen LogP contribution in [0.3, 0.4) is 0 Å². The molecule has 9 nitrogen and oxygen atoms in total. The molecule has 3 aromatic heterocycles. The predicted molar refractivity (Wildman–Crippen MR) is 150 cm³/mol. The number of nitrogens with one attached hydrogen (secondary N) is 1. The van der Waals surface area contributed by atoms with E-state index < -0.39 is 5.82 Å². The van der Waals surface area contributed by atoms with E-state index in [-0.39, 0.29) is 11.6 Å². The number of rotatable bonds is 10. The van der Waals surface area contributed by atoms with Gasteiger partial charge in [0.15, 0.2) is 5.82 Å². The number of benzene rings is 1. The molecule has 1 N–H and O–H groups in total. The topological polar surface area (TPSA) is 92.1 Å². The van der Waals surface area contributed by atoms with Crippen LogP contribution in [0, 0.1) is 5.82 Å². The van der Waals surface area contributed by atoms with Crippen molar-refractivity contribution in [3.8, 4) is 11.3 Å². The fourth-order valence-corrected chi connectivity index (χ4v) is 5.22. The first-order valence-corrected chi connectivity index (χ1v) is 13.6. The largest absolute Gasteiger partial charge is 0.343 e. The number of halogens is 1. The van der Waals surface area contributed by atoms with Gasteiger partial charge in [0.1, 0.15) is 11.5 Å². The summed E-state index contributed by atoms with van der Waals surface area (Å²) in [7, 11) is 1.97. The minimum atomic E-state index is -0.484. The predicted octanol–water partition coefficient (Wildman–Crippen LogP) is 4.88. The van der Waals surface area contributed by atoms with E-state index in [0.29, 0.717) is 17.3 Å². The molecule has 4 heterocycles. The van der Waals surface area contributed by atoms with Gasteiger partial charge in [0.25, 0.3) is 0 Å². The van der Waals surface area contributed by atoms with Crippen LogP contribution in [0.2, 0.25) is 0 Å². The summed E-state index contributed by atoms with van der Waals surface area (Å²) in [4.78, 5) is 28.2. The SMILES string of the molecule is CCCCC(C)c1c2cc(-c3nc(Nc4ccc(CN5CCN(C=O)CC5)cn4)ncc3F)ccc2nn1C. The van der Waals surface area contributed by atoms with Gasteiger partial charge in [-0.2, -0.15) is 5.10 Å². The number of hydrogen-bond donors (Lipinski definition) is 1. The van der Waals surface area contributed by atoms with Gasteiger partial charge < -0.3 is 10.2 Å². The number of anilines is 2. The van der Waals surface area contributed by atoms with Crippen molar-refractivity contribution in [1.82, 2.24) is 34.5 Å². The van der Waals surface area contributed by atoms with Crippen molar-refractivity contribution >= 4 is 29.1 Å². The van der Waals surface area contributed by atoms with Gasteiger partial charge in [0.05, 0.1) is 11.7 Å². The Hall–Kier alpha value is -3.92. The number of pyridine rings is 1. The highest BCUT2D eigenvalue weighted by atomic mass is 19.1. The van der Waals surface area contributed by atoms with Crippen molar-refractivity contribution in [3.63, 3.8) is 0 Å². The highest BCUT2D eigenvalue weighted by Gasteiger charge is 2.19. The molecule has 0 radical (unpaired) electrons. The maximum atomic E-state index is 14.9. The molecular weight excluding hydrogens is 495 g/mol. The Morgan fingerprint density at radius 3 is 2.64 bits per heavy atom. The summed E-state index contributed by atoms with van der Waals surface area (Å²) in [5.41, 5.74) is 4.04. The van der Waals surface area contributed by atoms with E-state index in [2.05, 4.69) is 44.1 Å². The van der Waals surface area contributed by atoms with Gasteiger partial charge in [0.2, 0.25) is 12.4 Å². The first-order chi connectivity index (χ1) is 18.9. The zero-order valence-corrected chi connectivity index (χ0v) is 22.8. The number of nitrogens with zero attached hydrogens (tertiary/aromatic N) is 7. The molecule has 1 aromatic carbocycles. The summed E-state index contributed by atoms with van der Waals surface area (Å²) >= 11 is 0. The van der Waals surface area contributed by atoms with Crippen LogP contribution in [0.15, 0.2) is 42.7 Å². The Bertz CT molecular complexity index is 1430. The summed E-state index contributed by atoms with van der Waals surface area (Å²) in [6.45, 7) is 8.36. The fourth-order valence-electron chi connectivity index (χ4n) is 5.22. The molecular formula is C29H35FN8O. The summed E-state index contributed by atoms with van der Waals surface area (Å²) < 4.78 is 16.9. The third kappa shape index (κ3) is 6.06. The van der Waals surface area contributed by atoms with E-state index in [1.54, 1.807) is 4.90 Å². The molecule has 204 valence electrons. The summed E-state index contributed by atoms with van der Waals surface area (Å²) in [5.74, 6) is 0.719. The first kappa shape index (κ1) is 26.7. The van der Waals surface area contributed by atoms with Gasteiger partial charge in [-0.3, -0.25) is 14.4 Å². The van der Waals surface area contributed by atoms with Crippen LogP contribution in [0.4, 0.5) is 16.2 Å². The van der Waals surface area contributed by atoms with Crippen molar-refractivity contribution in [1.29, 1.82) is 0 Å². The van der Waals surface area contributed by atoms with E-state index in [1.165, 1.54) is 6.20 Å². The highest BCUT2D eigenvalue weighted by molar-refractivity contribution is 5.87. The number of carbonyl (C=O) groups is 1. The fraction of sp³-hybridized carbons (Fsp3) is 0.414. The Balaban J connectivity index is 1.32. The standard InChI is InChI=1S/C29H35FN8O/c1-4-5-6-20(2)28-23-15-22(8-9-25(23)35-36(28)3)27-24(30)17-32-29(34-27)33-26-10-7-21(16-31-26)18-37-11-13-38(19-39)14-12-37/h7-10,15-17,19-20H,4-6,11-14,18H2,1-3H3,(H,31,32,33,34). The van der Waals surface area contributed by atoms with Crippen molar-refractivity contribution in [2.75, 3.05) is 31.5 Å². The van der Waals surface area contributed by atoms with Crippen LogP contribution in [-0.2, 0) is 18.4 Å². The van der Waals surface area contributed by atoms with Gasteiger partial charge in [-0.05, 0) is 36.1 Å². The number of unbranched alkanes of at least 4 members (excludes halogenated alkanes) is 1. The van der Waals surface area contributed by atoms with Crippen molar-refractivity contribution in [2.45, 2.75) is 45.6 Å². The summed E-state index contributed by atoms with van der Waals surface area (Å²) in [6.07, 6.45) is 7.29. The smallest absolute Gasteiger partial charge is 0.229 e. The van der Waals surface area contributed by atoms with Crippen LogP contribution in [-0.4, -0.2) is 67.1 Å². The third-order valence-corrected chi connectivity index (χ3v) is 7.38. The van der Waals surface area contributed by atoms with Crippen molar-refractivity contribution < 1.29 is 9.18 Å². The quantitative estimate of drug-likeness (QED) is 0.292. The highest BCUT2D eigenvalue weighted by Crippen LogP contribution is 2.32. The van der Waals surface area contributed by atoms with Crippen LogP contribution in [0.25, 0.3) is 22.2 Å². The molecule has 39 heavy (non-hydrogen) atoms. The van der Waals surface area contributed by atoms with E-state index in [9.17, 15) is 9.18 Å². The number of hydrogen-bond acceptors (Lipinski definition) is 7. The third-order valence-electron chi connectivity index (χ3n) is 7.38. The Morgan fingerprint density at radius 2 is 1.92 bits per heavy atom. The van der Waals surface area contributed by atoms with Gasteiger partial charge in [-0.15, -0.1) is 0 Å². The molecule has 1 unspecified atom stereocenters. The molecule has 5 rings (SSSR count). The Labute approximate surface area is 228 Å². The average molecular weight is 531 g/mol. The lowest BCUT2D eigenvalue weighted by Gasteiger charge is -2.32. The lowest BCUT2D eigenvalue weighted by molar-refractivity contribution is -0.119. The monoisotopic (exact) mass is 530 g/mol. The Morgan fingerprint density at radius 1 is 1.10 bits per heavy atom. The number of aryl methyl sites for hydroxylation is 1. The molecule has 0 spiro atoms. The molecule has 0 bridgehead atoms. The zero-order valence-electron chi connectivity index (χ0n) is 22.8. The molecule has 1 saturated heterocycles. The number of piperazine rings is 1. The maximum Gasteiger partial charge on any atom is 0.229 e. The van der Waals surface area contributed by atoms with E-state index in [0.717, 1.165) is 80.6 Å². The normalized spacial score (nSPS) is 15.0. The number of aromatic nitrogens is 5. The molecule has 0 aliphatic carbocycles. The molecule has 0 saturated carbocycles. The second-order valence-corrected chi connectivity index (χ2v) is 10.3. The number of amides is 1. The second-order valence-electron chi connectivity index (χ2n) is 10.3. The molecule has 1 amide bonds. The summed E-state index contributed by atoms with van der Waals surface area (Å²) in [5, 5.41) is 8.80. The average Bonchev–Trinajstić information content (AvgIpc) is 3.29. The number of carbonyl (C=O) groups excluding carboxylic acids is 1. The van der Waals surface area contributed by atoms with Crippen molar-refractivity contribution in [3.05, 3.63) is 59.8 Å². The van der Waals surface area contributed by atoms with Crippen LogP contribution < -0.4 is 5.32 Å². The van der Waals surface area contributed by atoms with Gasteiger partial charge in [-0.25, -0.2) is 19.3 Å². The van der Waals surface area contributed by atoms with Crippen molar-refractivity contribution in [2.24, 2.45) is 7.05 Å². The van der Waals surface area contributed by atoms with Crippen LogP contribution >= 0.6 is 0 Å². The molecule has 1 aliphatic rings. The molecule has 1 atom stereocenters. The van der Waals surface area contributed by atoms with E-state index in [1.807, 2.05) is 48.3 Å². The van der Waals surface area contributed by atoms with Gasteiger partial charge in [-0.1, -0.05) is 38.8 Å². The number of fused-ring (bicyclic) bond motifs is 1. The molecule has 1 fully saturated rings. The molecule has 4 aromatic rings. The minimum Gasteiger partial charge on any atom is -0.343 e.